The maximum absolute atomic E-state index is 10.7. The predicted molar refractivity (Wildman–Crippen MR) is 80.9 cm³/mol. The third kappa shape index (κ3) is 2.28. The van der Waals surface area contributed by atoms with Crippen LogP contribution >= 0.6 is 23.2 Å². The molecule has 0 saturated carbocycles. The molecule has 0 aliphatic carbocycles. The van der Waals surface area contributed by atoms with Crippen molar-refractivity contribution in [2.75, 3.05) is 6.61 Å². The molecule has 3 rings (SSSR count). The molecule has 0 saturated heterocycles. The van der Waals surface area contributed by atoms with Crippen molar-refractivity contribution in [3.05, 3.63) is 62.6 Å². The molecule has 20 heavy (non-hydrogen) atoms. The standard InChI is InChI=1S/C16H14Cl2O2/c1-9-12(3-2-4-14(9)18)15(19)13-8-11(17)7-10-5-6-20-16(10)13/h2-4,7-8,15,19H,5-6H2,1H3. The molecule has 2 nitrogen and oxygen atoms in total. The Kier molecular flexibility index (Phi) is 3.63. The van der Waals surface area contributed by atoms with Gasteiger partial charge in [-0.25, -0.2) is 0 Å². The third-order valence-corrected chi connectivity index (χ3v) is 4.30. The topological polar surface area (TPSA) is 29.5 Å². The zero-order valence-electron chi connectivity index (χ0n) is 11.0. The van der Waals surface area contributed by atoms with E-state index in [4.69, 9.17) is 27.9 Å². The SMILES string of the molecule is Cc1c(Cl)cccc1C(O)c1cc(Cl)cc2c1OCC2. The smallest absolute Gasteiger partial charge is 0.128 e. The molecular formula is C16H14Cl2O2. The van der Waals surface area contributed by atoms with Crippen LogP contribution in [0.4, 0.5) is 0 Å². The average molecular weight is 309 g/mol. The summed E-state index contributed by atoms with van der Waals surface area (Å²) in [5.41, 5.74) is 3.40. The van der Waals surface area contributed by atoms with Gasteiger partial charge in [-0.2, -0.15) is 0 Å². The normalized spacial score (nSPS) is 14.8. The molecule has 1 aliphatic rings. The molecule has 4 heteroatoms. The van der Waals surface area contributed by atoms with Crippen molar-refractivity contribution in [2.45, 2.75) is 19.4 Å². The molecule has 0 aromatic heterocycles. The zero-order valence-corrected chi connectivity index (χ0v) is 12.5. The lowest BCUT2D eigenvalue weighted by molar-refractivity contribution is 0.213. The first-order chi connectivity index (χ1) is 9.58. The Morgan fingerprint density at radius 1 is 1.20 bits per heavy atom. The van der Waals surface area contributed by atoms with Crippen LogP contribution in [0.2, 0.25) is 10.0 Å². The Balaban J connectivity index is 2.11. The van der Waals surface area contributed by atoms with Crippen LogP contribution in [0.3, 0.4) is 0 Å². The highest BCUT2D eigenvalue weighted by Gasteiger charge is 2.24. The van der Waals surface area contributed by atoms with Gasteiger partial charge in [-0.05, 0) is 41.8 Å². The largest absolute Gasteiger partial charge is 0.493 e. The van der Waals surface area contributed by atoms with E-state index in [1.165, 1.54) is 0 Å². The van der Waals surface area contributed by atoms with E-state index < -0.39 is 6.10 Å². The van der Waals surface area contributed by atoms with Crippen LogP contribution < -0.4 is 4.74 Å². The molecule has 1 atom stereocenters. The van der Waals surface area contributed by atoms with Gasteiger partial charge in [0.25, 0.3) is 0 Å². The van der Waals surface area contributed by atoms with Gasteiger partial charge in [-0.15, -0.1) is 0 Å². The summed E-state index contributed by atoms with van der Waals surface area (Å²) in [7, 11) is 0. The van der Waals surface area contributed by atoms with Crippen molar-refractivity contribution in [3.8, 4) is 5.75 Å². The second-order valence-corrected chi connectivity index (χ2v) is 5.78. The minimum absolute atomic E-state index is 0.614. The highest BCUT2D eigenvalue weighted by atomic mass is 35.5. The molecule has 2 aromatic rings. The number of halogens is 2. The number of fused-ring (bicyclic) bond motifs is 1. The first kappa shape index (κ1) is 13.7. The number of rotatable bonds is 2. The van der Waals surface area contributed by atoms with Crippen molar-refractivity contribution in [1.29, 1.82) is 0 Å². The average Bonchev–Trinajstić information content (AvgIpc) is 2.88. The Hall–Kier alpha value is -1.22. The lowest BCUT2D eigenvalue weighted by Gasteiger charge is -2.18. The summed E-state index contributed by atoms with van der Waals surface area (Å²) in [5, 5.41) is 11.9. The summed E-state index contributed by atoms with van der Waals surface area (Å²) in [6.45, 7) is 2.52. The molecule has 104 valence electrons. The van der Waals surface area contributed by atoms with Crippen LogP contribution in [0.15, 0.2) is 30.3 Å². The Labute approximate surface area is 127 Å². The van der Waals surface area contributed by atoms with E-state index in [0.717, 1.165) is 28.9 Å². The molecule has 1 unspecified atom stereocenters. The predicted octanol–water partition coefficient (Wildman–Crippen LogP) is 4.32. The van der Waals surface area contributed by atoms with Gasteiger partial charge in [0.05, 0.1) is 6.61 Å². The second kappa shape index (κ2) is 5.28. The van der Waals surface area contributed by atoms with Crippen LogP contribution in [0, 0.1) is 6.92 Å². The van der Waals surface area contributed by atoms with E-state index in [2.05, 4.69) is 0 Å². The molecule has 0 radical (unpaired) electrons. The number of benzene rings is 2. The van der Waals surface area contributed by atoms with Crippen molar-refractivity contribution in [2.24, 2.45) is 0 Å². The van der Waals surface area contributed by atoms with E-state index in [0.29, 0.717) is 22.2 Å². The first-order valence-corrected chi connectivity index (χ1v) is 7.21. The van der Waals surface area contributed by atoms with E-state index in [1.807, 2.05) is 31.2 Å². The summed E-state index contributed by atoms with van der Waals surface area (Å²) in [6.07, 6.45) is 0.0312. The summed E-state index contributed by atoms with van der Waals surface area (Å²) >= 11 is 12.3. The van der Waals surface area contributed by atoms with E-state index >= 15 is 0 Å². The van der Waals surface area contributed by atoms with Crippen LogP contribution in [-0.4, -0.2) is 11.7 Å². The van der Waals surface area contributed by atoms with E-state index in [1.54, 1.807) is 6.07 Å². The van der Waals surface area contributed by atoms with Gasteiger partial charge in [-0.3, -0.25) is 0 Å². The van der Waals surface area contributed by atoms with E-state index in [9.17, 15) is 5.11 Å². The van der Waals surface area contributed by atoms with Crippen LogP contribution in [0.5, 0.6) is 5.75 Å². The maximum atomic E-state index is 10.7. The van der Waals surface area contributed by atoms with Crippen molar-refractivity contribution in [1.82, 2.24) is 0 Å². The Morgan fingerprint density at radius 2 is 2.00 bits per heavy atom. The molecule has 1 N–H and O–H groups in total. The minimum atomic E-state index is -0.792. The van der Waals surface area contributed by atoms with Gasteiger partial charge < -0.3 is 9.84 Å². The van der Waals surface area contributed by atoms with Crippen LogP contribution in [0.1, 0.15) is 28.4 Å². The fraction of sp³-hybridized carbons (Fsp3) is 0.250. The molecule has 0 bridgehead atoms. The quantitative estimate of drug-likeness (QED) is 0.895. The van der Waals surface area contributed by atoms with Gasteiger partial charge in [0.2, 0.25) is 0 Å². The van der Waals surface area contributed by atoms with E-state index in [-0.39, 0.29) is 0 Å². The van der Waals surface area contributed by atoms with Gasteiger partial charge in [0.15, 0.2) is 0 Å². The lowest BCUT2D eigenvalue weighted by Crippen LogP contribution is -2.04. The third-order valence-electron chi connectivity index (χ3n) is 3.68. The number of aliphatic hydroxyl groups excluding tert-OH is 1. The maximum Gasteiger partial charge on any atom is 0.128 e. The molecule has 1 heterocycles. The van der Waals surface area contributed by atoms with Crippen molar-refractivity contribution in [3.63, 3.8) is 0 Å². The van der Waals surface area contributed by atoms with Gasteiger partial charge >= 0.3 is 0 Å². The zero-order chi connectivity index (χ0) is 14.3. The Bertz CT molecular complexity index is 668. The van der Waals surface area contributed by atoms with Gasteiger partial charge in [0, 0.05) is 22.0 Å². The number of aliphatic hydroxyl groups is 1. The second-order valence-electron chi connectivity index (χ2n) is 4.94. The molecule has 1 aliphatic heterocycles. The number of hydrogen-bond acceptors (Lipinski definition) is 2. The molecule has 0 spiro atoms. The first-order valence-electron chi connectivity index (χ1n) is 6.46. The summed E-state index contributed by atoms with van der Waals surface area (Å²) < 4.78 is 5.65. The fourth-order valence-corrected chi connectivity index (χ4v) is 3.02. The van der Waals surface area contributed by atoms with Crippen molar-refractivity contribution < 1.29 is 9.84 Å². The minimum Gasteiger partial charge on any atom is -0.493 e. The molecule has 0 fully saturated rings. The number of hydrogen-bond donors (Lipinski definition) is 1. The summed E-state index contributed by atoms with van der Waals surface area (Å²) in [4.78, 5) is 0. The van der Waals surface area contributed by atoms with Crippen LogP contribution in [0.25, 0.3) is 0 Å². The van der Waals surface area contributed by atoms with Crippen LogP contribution in [-0.2, 0) is 6.42 Å². The fourth-order valence-electron chi connectivity index (χ4n) is 2.59. The molecule has 2 aromatic carbocycles. The number of ether oxygens (including phenoxy) is 1. The molecule has 0 amide bonds. The van der Waals surface area contributed by atoms with Gasteiger partial charge in [-0.1, -0.05) is 35.3 Å². The molecular weight excluding hydrogens is 295 g/mol. The lowest BCUT2D eigenvalue weighted by atomic mass is 9.95. The Morgan fingerprint density at radius 3 is 2.80 bits per heavy atom. The van der Waals surface area contributed by atoms with Gasteiger partial charge in [0.1, 0.15) is 11.9 Å². The monoisotopic (exact) mass is 308 g/mol. The summed E-state index contributed by atoms with van der Waals surface area (Å²) in [6, 6.07) is 9.17. The highest BCUT2D eigenvalue weighted by Crippen LogP contribution is 2.39. The highest BCUT2D eigenvalue weighted by molar-refractivity contribution is 6.31. The summed E-state index contributed by atoms with van der Waals surface area (Å²) in [5.74, 6) is 0.751. The van der Waals surface area contributed by atoms with Crippen molar-refractivity contribution >= 4 is 23.2 Å².